The lowest BCUT2D eigenvalue weighted by molar-refractivity contribution is -0.142. The molecule has 5 nitrogen and oxygen atoms in total. The maximum absolute atomic E-state index is 12.0. The number of aliphatic carboxylic acids is 1. The molecule has 104 valence electrons. The summed E-state index contributed by atoms with van der Waals surface area (Å²) in [5, 5.41) is 8.77. The summed E-state index contributed by atoms with van der Waals surface area (Å²) in [5.74, 6) is -0.528. The predicted octanol–water partition coefficient (Wildman–Crippen LogP) is 1.51. The number of nitrogens with zero attached hydrogens (tertiary/aromatic N) is 1. The van der Waals surface area contributed by atoms with E-state index in [1.807, 2.05) is 0 Å². The summed E-state index contributed by atoms with van der Waals surface area (Å²) in [7, 11) is 1.48. The summed E-state index contributed by atoms with van der Waals surface area (Å²) in [6.07, 6.45) is 4.38. The van der Waals surface area contributed by atoms with Crippen LogP contribution in [0, 0.1) is 5.92 Å². The van der Waals surface area contributed by atoms with Gasteiger partial charge >= 0.3 is 5.97 Å². The molecule has 1 saturated carbocycles. The number of methoxy groups -OCH3 is 1. The van der Waals surface area contributed by atoms with Crippen LogP contribution in [-0.2, 0) is 14.3 Å². The number of ether oxygens (including phenoxy) is 1. The van der Waals surface area contributed by atoms with Gasteiger partial charge in [0.1, 0.15) is 6.61 Å². The van der Waals surface area contributed by atoms with Crippen molar-refractivity contribution in [1.29, 1.82) is 0 Å². The first kappa shape index (κ1) is 15.0. The third kappa shape index (κ3) is 4.29. The van der Waals surface area contributed by atoms with Gasteiger partial charge in [0.15, 0.2) is 0 Å². The van der Waals surface area contributed by atoms with Crippen molar-refractivity contribution in [1.82, 2.24) is 4.90 Å². The molecular formula is C13H23NO4. The molecule has 0 aliphatic heterocycles. The minimum absolute atomic E-state index is 0.00132. The van der Waals surface area contributed by atoms with Gasteiger partial charge in [-0.25, -0.2) is 0 Å². The van der Waals surface area contributed by atoms with Crippen LogP contribution in [0.25, 0.3) is 0 Å². The normalized spacial score (nSPS) is 23.7. The Morgan fingerprint density at radius 1 is 1.33 bits per heavy atom. The fourth-order valence-corrected chi connectivity index (χ4v) is 2.66. The summed E-state index contributed by atoms with van der Waals surface area (Å²) in [6, 6.07) is 0.167. The zero-order valence-electron chi connectivity index (χ0n) is 11.2. The van der Waals surface area contributed by atoms with E-state index in [0.717, 1.165) is 19.3 Å². The average molecular weight is 257 g/mol. The van der Waals surface area contributed by atoms with E-state index in [4.69, 9.17) is 9.84 Å². The molecule has 1 aliphatic carbocycles. The van der Waals surface area contributed by atoms with Gasteiger partial charge in [0.05, 0.1) is 6.42 Å². The van der Waals surface area contributed by atoms with Crippen LogP contribution in [0.2, 0.25) is 0 Å². The predicted molar refractivity (Wildman–Crippen MR) is 67.3 cm³/mol. The number of carbonyl (C=O) groups excluding carboxylic acids is 1. The standard InChI is InChI=1S/C13H23NO4/c1-10-5-3-4-6-11(10)14(8-7-13(16)17)12(15)9-18-2/h10-11H,3-9H2,1-2H3,(H,16,17). The fraction of sp³-hybridized carbons (Fsp3) is 0.846. The molecule has 0 radical (unpaired) electrons. The molecule has 0 bridgehead atoms. The molecule has 2 atom stereocenters. The van der Waals surface area contributed by atoms with Crippen molar-refractivity contribution in [2.24, 2.45) is 5.92 Å². The second-order valence-corrected chi connectivity index (χ2v) is 4.99. The highest BCUT2D eigenvalue weighted by molar-refractivity contribution is 5.78. The molecule has 1 rings (SSSR count). The zero-order valence-corrected chi connectivity index (χ0v) is 11.2. The van der Waals surface area contributed by atoms with Crippen molar-refractivity contribution in [3.8, 4) is 0 Å². The van der Waals surface area contributed by atoms with Crippen LogP contribution < -0.4 is 0 Å². The third-order valence-corrected chi connectivity index (χ3v) is 3.62. The highest BCUT2D eigenvalue weighted by Gasteiger charge is 2.30. The van der Waals surface area contributed by atoms with Crippen molar-refractivity contribution in [2.45, 2.75) is 45.1 Å². The molecule has 1 N–H and O–H groups in total. The fourth-order valence-electron chi connectivity index (χ4n) is 2.66. The van der Waals surface area contributed by atoms with E-state index in [9.17, 15) is 9.59 Å². The quantitative estimate of drug-likeness (QED) is 0.783. The second kappa shape index (κ2) is 7.36. The molecule has 1 fully saturated rings. The molecule has 0 saturated heterocycles. The average Bonchev–Trinajstić information content (AvgIpc) is 2.31. The van der Waals surface area contributed by atoms with E-state index >= 15 is 0 Å². The minimum atomic E-state index is -0.867. The lowest BCUT2D eigenvalue weighted by atomic mass is 9.84. The maximum Gasteiger partial charge on any atom is 0.305 e. The number of carboxylic acid groups (broad SMARTS) is 1. The van der Waals surface area contributed by atoms with Crippen LogP contribution in [0.4, 0.5) is 0 Å². The van der Waals surface area contributed by atoms with Gasteiger partial charge in [-0.2, -0.15) is 0 Å². The van der Waals surface area contributed by atoms with Crippen molar-refractivity contribution in [3.05, 3.63) is 0 Å². The molecule has 0 aromatic rings. The van der Waals surface area contributed by atoms with Crippen LogP contribution in [0.1, 0.15) is 39.0 Å². The SMILES string of the molecule is COCC(=O)N(CCC(=O)O)C1CCCCC1C. The van der Waals surface area contributed by atoms with Gasteiger partial charge in [-0.3, -0.25) is 9.59 Å². The van der Waals surface area contributed by atoms with Crippen molar-refractivity contribution in [2.75, 3.05) is 20.3 Å². The van der Waals surface area contributed by atoms with Crippen molar-refractivity contribution in [3.63, 3.8) is 0 Å². The summed E-state index contributed by atoms with van der Waals surface area (Å²) >= 11 is 0. The van der Waals surface area contributed by atoms with E-state index in [2.05, 4.69) is 6.92 Å². The molecule has 0 heterocycles. The zero-order chi connectivity index (χ0) is 13.5. The van der Waals surface area contributed by atoms with Gasteiger partial charge < -0.3 is 14.7 Å². The molecule has 0 aromatic heterocycles. The number of hydrogen-bond donors (Lipinski definition) is 1. The van der Waals surface area contributed by atoms with Crippen LogP contribution >= 0.6 is 0 Å². The monoisotopic (exact) mass is 257 g/mol. The highest BCUT2D eigenvalue weighted by atomic mass is 16.5. The van der Waals surface area contributed by atoms with Crippen LogP contribution in [0.3, 0.4) is 0 Å². The number of carbonyl (C=O) groups is 2. The molecule has 1 amide bonds. The van der Waals surface area contributed by atoms with E-state index < -0.39 is 5.97 Å². The van der Waals surface area contributed by atoms with Crippen LogP contribution in [-0.4, -0.2) is 48.2 Å². The van der Waals surface area contributed by atoms with Crippen molar-refractivity contribution >= 4 is 11.9 Å². The molecule has 0 aromatic carbocycles. The van der Waals surface area contributed by atoms with E-state index in [1.54, 1.807) is 4.90 Å². The molecule has 0 spiro atoms. The van der Waals surface area contributed by atoms with Gasteiger partial charge in [0.2, 0.25) is 5.91 Å². The van der Waals surface area contributed by atoms with Gasteiger partial charge in [0.25, 0.3) is 0 Å². The van der Waals surface area contributed by atoms with E-state index in [1.165, 1.54) is 13.5 Å². The molecule has 2 unspecified atom stereocenters. The molecule has 18 heavy (non-hydrogen) atoms. The Hall–Kier alpha value is -1.10. The number of amides is 1. The lowest BCUT2D eigenvalue weighted by Gasteiger charge is -2.38. The second-order valence-electron chi connectivity index (χ2n) is 4.99. The Bertz CT molecular complexity index is 293. The summed E-state index contributed by atoms with van der Waals surface area (Å²) < 4.78 is 4.88. The first-order chi connectivity index (χ1) is 8.56. The number of rotatable bonds is 6. The highest BCUT2D eigenvalue weighted by Crippen LogP contribution is 2.28. The summed E-state index contributed by atoms with van der Waals surface area (Å²) in [4.78, 5) is 24.4. The van der Waals surface area contributed by atoms with Gasteiger partial charge in [0, 0.05) is 19.7 Å². The Morgan fingerprint density at radius 3 is 2.56 bits per heavy atom. The minimum Gasteiger partial charge on any atom is -0.481 e. The van der Waals surface area contributed by atoms with Crippen LogP contribution in [0.5, 0.6) is 0 Å². The summed E-state index contributed by atoms with van der Waals surface area (Å²) in [6.45, 7) is 2.45. The molecular weight excluding hydrogens is 234 g/mol. The Balaban J connectivity index is 2.67. The number of hydrogen-bond acceptors (Lipinski definition) is 3. The Morgan fingerprint density at radius 2 is 2.00 bits per heavy atom. The van der Waals surface area contributed by atoms with Gasteiger partial charge in [-0.15, -0.1) is 0 Å². The Kier molecular flexibility index (Phi) is 6.12. The van der Waals surface area contributed by atoms with Crippen molar-refractivity contribution < 1.29 is 19.4 Å². The molecule has 5 heteroatoms. The van der Waals surface area contributed by atoms with E-state index in [-0.39, 0.29) is 31.5 Å². The van der Waals surface area contributed by atoms with Crippen LogP contribution in [0.15, 0.2) is 0 Å². The Labute approximate surface area is 108 Å². The first-order valence-corrected chi connectivity index (χ1v) is 6.56. The smallest absolute Gasteiger partial charge is 0.305 e. The third-order valence-electron chi connectivity index (χ3n) is 3.62. The largest absolute Gasteiger partial charge is 0.481 e. The number of carboxylic acids is 1. The van der Waals surface area contributed by atoms with E-state index in [0.29, 0.717) is 5.92 Å². The maximum atomic E-state index is 12.0. The summed E-state index contributed by atoms with van der Waals surface area (Å²) in [5.41, 5.74) is 0. The van der Waals surface area contributed by atoms with Gasteiger partial charge in [-0.05, 0) is 18.8 Å². The topological polar surface area (TPSA) is 66.8 Å². The lowest BCUT2D eigenvalue weighted by Crippen LogP contribution is -2.47. The first-order valence-electron chi connectivity index (χ1n) is 6.56. The van der Waals surface area contributed by atoms with Gasteiger partial charge in [-0.1, -0.05) is 19.8 Å². The molecule has 1 aliphatic rings.